The van der Waals surface area contributed by atoms with Crippen molar-refractivity contribution in [3.05, 3.63) is 28.5 Å². The molecule has 0 saturated heterocycles. The van der Waals surface area contributed by atoms with Crippen LogP contribution in [0, 0.1) is 11.8 Å². The van der Waals surface area contributed by atoms with Crippen molar-refractivity contribution in [2.75, 3.05) is 0 Å². The van der Waals surface area contributed by atoms with Gasteiger partial charge in [-0.25, -0.2) is 9.97 Å². The van der Waals surface area contributed by atoms with Gasteiger partial charge in [0.15, 0.2) is 16.6 Å². The average molecular weight is 317 g/mol. The number of aromatic amines is 1. The van der Waals surface area contributed by atoms with Crippen molar-refractivity contribution < 1.29 is 0 Å². The van der Waals surface area contributed by atoms with Crippen molar-refractivity contribution in [3.8, 4) is 22.5 Å². The summed E-state index contributed by atoms with van der Waals surface area (Å²) in [6.45, 7) is 2.14. The molecule has 106 valence electrons. The number of halogens is 1. The third kappa shape index (κ3) is 3.07. The zero-order valence-corrected chi connectivity index (χ0v) is 13.1. The van der Waals surface area contributed by atoms with Crippen molar-refractivity contribution in [3.63, 3.8) is 0 Å². The number of unbranched alkanes of at least 4 members (excludes halogenated alkanes) is 2. The predicted octanol–water partition coefficient (Wildman–Crippen LogP) is 4.28. The molecule has 0 aromatic carbocycles. The van der Waals surface area contributed by atoms with Crippen LogP contribution < -0.4 is 0 Å². The maximum atomic E-state index is 6.19. The van der Waals surface area contributed by atoms with Gasteiger partial charge < -0.3 is 4.98 Å². The molecule has 0 fully saturated rings. The Morgan fingerprint density at radius 1 is 1.33 bits per heavy atom. The number of thiophene rings is 1. The first-order valence-corrected chi connectivity index (χ1v) is 7.99. The maximum Gasteiger partial charge on any atom is 0.208 e. The van der Waals surface area contributed by atoms with Gasteiger partial charge in [-0.1, -0.05) is 36.9 Å². The first-order valence-electron chi connectivity index (χ1n) is 6.74. The molecule has 0 aliphatic heterocycles. The Hall–Kier alpha value is -1.90. The van der Waals surface area contributed by atoms with Crippen molar-refractivity contribution in [2.24, 2.45) is 0 Å². The number of hydrogen-bond acceptors (Lipinski definition) is 4. The molecular weight excluding hydrogens is 304 g/mol. The molecule has 0 bridgehead atoms. The highest BCUT2D eigenvalue weighted by Gasteiger charge is 2.12. The van der Waals surface area contributed by atoms with Crippen LogP contribution in [-0.4, -0.2) is 19.9 Å². The van der Waals surface area contributed by atoms with Gasteiger partial charge in [0.1, 0.15) is 5.52 Å². The van der Waals surface area contributed by atoms with Crippen molar-refractivity contribution in [1.82, 2.24) is 19.9 Å². The highest BCUT2D eigenvalue weighted by atomic mass is 35.5. The normalized spacial score (nSPS) is 10.6. The molecule has 0 atom stereocenters. The van der Waals surface area contributed by atoms with E-state index in [4.69, 9.17) is 11.6 Å². The smallest absolute Gasteiger partial charge is 0.208 e. The Morgan fingerprint density at radius 3 is 3.00 bits per heavy atom. The summed E-state index contributed by atoms with van der Waals surface area (Å²) in [5.74, 6) is 7.19. The lowest BCUT2D eigenvalue weighted by atomic mass is 10.2. The lowest BCUT2D eigenvalue weighted by molar-refractivity contribution is 0.828. The van der Waals surface area contributed by atoms with Crippen LogP contribution in [0.5, 0.6) is 0 Å². The van der Waals surface area contributed by atoms with Crippen molar-refractivity contribution in [1.29, 1.82) is 0 Å². The number of hydrogen-bond donors (Lipinski definition) is 1. The van der Waals surface area contributed by atoms with E-state index in [1.54, 1.807) is 11.3 Å². The Balaban J connectivity index is 1.97. The van der Waals surface area contributed by atoms with Gasteiger partial charge in [0.25, 0.3) is 0 Å². The van der Waals surface area contributed by atoms with Crippen LogP contribution >= 0.6 is 22.9 Å². The average Bonchev–Trinajstić information content (AvgIpc) is 3.12. The molecule has 1 N–H and O–H groups in total. The van der Waals surface area contributed by atoms with Gasteiger partial charge in [-0.05, 0) is 23.8 Å². The molecule has 3 aromatic heterocycles. The molecule has 0 saturated carbocycles. The number of nitrogens with zero attached hydrogens (tertiary/aromatic N) is 3. The molecule has 3 aromatic rings. The summed E-state index contributed by atoms with van der Waals surface area (Å²) in [5, 5.41) is 2.36. The fourth-order valence-corrected chi connectivity index (χ4v) is 2.74. The van der Waals surface area contributed by atoms with E-state index in [1.165, 1.54) is 0 Å². The summed E-state index contributed by atoms with van der Waals surface area (Å²) in [6, 6.07) is 3.97. The number of rotatable bonds is 3. The molecule has 0 radical (unpaired) electrons. The molecule has 4 nitrogen and oxygen atoms in total. The van der Waals surface area contributed by atoms with E-state index in [-0.39, 0.29) is 0 Å². The van der Waals surface area contributed by atoms with Crippen LogP contribution in [0.4, 0.5) is 0 Å². The van der Waals surface area contributed by atoms with Gasteiger partial charge >= 0.3 is 0 Å². The van der Waals surface area contributed by atoms with Crippen LogP contribution in [0.15, 0.2) is 17.5 Å². The van der Waals surface area contributed by atoms with Gasteiger partial charge in [0.05, 0.1) is 4.88 Å². The molecule has 6 heteroatoms. The molecule has 0 spiro atoms. The zero-order chi connectivity index (χ0) is 14.7. The minimum absolute atomic E-state index is 0.357. The van der Waals surface area contributed by atoms with Crippen LogP contribution in [0.1, 0.15) is 32.0 Å². The Labute approximate surface area is 131 Å². The van der Waals surface area contributed by atoms with Gasteiger partial charge in [0, 0.05) is 6.42 Å². The molecule has 0 aliphatic carbocycles. The molecule has 0 aliphatic rings. The maximum absolute atomic E-state index is 6.19. The molecule has 3 rings (SSSR count). The van der Waals surface area contributed by atoms with Crippen LogP contribution in [0.2, 0.25) is 5.15 Å². The molecule has 0 amide bonds. The van der Waals surface area contributed by atoms with Crippen molar-refractivity contribution >= 4 is 34.1 Å². The number of H-pyrrole nitrogens is 1. The summed E-state index contributed by atoms with van der Waals surface area (Å²) in [5.41, 5.74) is 1.21. The summed E-state index contributed by atoms with van der Waals surface area (Å²) >= 11 is 7.80. The van der Waals surface area contributed by atoms with Gasteiger partial charge in [-0.2, -0.15) is 4.98 Å². The van der Waals surface area contributed by atoms with Crippen LogP contribution in [-0.2, 0) is 0 Å². The van der Waals surface area contributed by atoms with E-state index in [0.29, 0.717) is 22.1 Å². The largest absolute Gasteiger partial charge is 0.333 e. The summed E-state index contributed by atoms with van der Waals surface area (Å²) < 4.78 is 0. The number of fused-ring (bicyclic) bond motifs is 1. The second kappa shape index (κ2) is 6.25. The third-order valence-electron chi connectivity index (χ3n) is 2.92. The second-order valence-corrected chi connectivity index (χ2v) is 5.81. The first kappa shape index (κ1) is 14.1. The van der Waals surface area contributed by atoms with Gasteiger partial charge in [-0.3, -0.25) is 0 Å². The fraction of sp³-hybridized carbons (Fsp3) is 0.267. The second-order valence-electron chi connectivity index (χ2n) is 4.50. The van der Waals surface area contributed by atoms with E-state index < -0.39 is 0 Å². The summed E-state index contributed by atoms with van der Waals surface area (Å²) in [6.07, 6.45) is 3.04. The summed E-state index contributed by atoms with van der Waals surface area (Å²) in [4.78, 5) is 17.2. The third-order valence-corrected chi connectivity index (χ3v) is 4.07. The predicted molar refractivity (Wildman–Crippen MR) is 86.4 cm³/mol. The first-order chi connectivity index (χ1) is 10.3. The molecule has 21 heavy (non-hydrogen) atoms. The molecule has 0 unspecified atom stereocenters. The van der Waals surface area contributed by atoms with Crippen molar-refractivity contribution in [2.45, 2.75) is 26.2 Å². The Bertz CT molecular complexity index is 811. The Kier molecular flexibility index (Phi) is 4.18. The lowest BCUT2D eigenvalue weighted by Gasteiger charge is -1.93. The number of aromatic nitrogens is 4. The monoisotopic (exact) mass is 316 g/mol. The molecular formula is C15H13ClN4S. The molecule has 3 heterocycles. The standard InChI is InChI=1S/C15H13ClN4S/c1-2-3-4-5-8-11-17-13(16)12-15(18-11)20-14(19-12)10-7-6-9-21-10/h6-7,9H,2-4H2,1H3,(H,17,18,19,20). The summed E-state index contributed by atoms with van der Waals surface area (Å²) in [7, 11) is 0. The highest BCUT2D eigenvalue weighted by Crippen LogP contribution is 2.26. The van der Waals surface area contributed by atoms with Gasteiger partial charge in [0.2, 0.25) is 5.82 Å². The lowest BCUT2D eigenvalue weighted by Crippen LogP contribution is -1.91. The van der Waals surface area contributed by atoms with E-state index in [1.807, 2.05) is 17.5 Å². The zero-order valence-electron chi connectivity index (χ0n) is 11.5. The van der Waals surface area contributed by atoms with Gasteiger partial charge in [-0.15, -0.1) is 11.3 Å². The van der Waals surface area contributed by atoms with Crippen LogP contribution in [0.25, 0.3) is 21.9 Å². The van der Waals surface area contributed by atoms with E-state index >= 15 is 0 Å². The van der Waals surface area contributed by atoms with E-state index in [0.717, 1.165) is 30.0 Å². The SMILES string of the molecule is CCCCC#Cc1nc(Cl)c2[nH]c(-c3cccs3)nc2n1. The minimum atomic E-state index is 0.357. The Morgan fingerprint density at radius 2 is 2.24 bits per heavy atom. The topological polar surface area (TPSA) is 54.5 Å². The quantitative estimate of drug-likeness (QED) is 0.446. The minimum Gasteiger partial charge on any atom is -0.333 e. The van der Waals surface area contributed by atoms with E-state index in [9.17, 15) is 0 Å². The highest BCUT2D eigenvalue weighted by molar-refractivity contribution is 7.13. The van der Waals surface area contributed by atoms with Crippen LogP contribution in [0.3, 0.4) is 0 Å². The fourth-order valence-electron chi connectivity index (χ4n) is 1.86. The number of imidazole rings is 1. The van der Waals surface area contributed by atoms with E-state index in [2.05, 4.69) is 38.7 Å². The number of nitrogens with one attached hydrogen (secondary N) is 1.